The minimum Gasteiger partial charge on any atom is -0.486 e. The SMILES string of the molecule is C1=CC2OC3=CCC(C4C5CC=CCC5C(c5cccc(C6CCCC7=C6CCCC7)c5)C5CCCCC54)C=C3C2CC1. The van der Waals surface area contributed by atoms with Crippen molar-refractivity contribution in [2.75, 3.05) is 0 Å². The van der Waals surface area contributed by atoms with E-state index in [2.05, 4.69) is 60.7 Å². The van der Waals surface area contributed by atoms with Crippen LogP contribution in [-0.4, -0.2) is 6.10 Å². The molecule has 0 aromatic heterocycles. The van der Waals surface area contributed by atoms with Gasteiger partial charge in [-0.15, -0.1) is 0 Å². The van der Waals surface area contributed by atoms with Crippen molar-refractivity contribution in [2.24, 2.45) is 41.4 Å². The van der Waals surface area contributed by atoms with E-state index in [0.717, 1.165) is 35.5 Å². The fourth-order valence-corrected chi connectivity index (χ4v) is 12.2. The van der Waals surface area contributed by atoms with Gasteiger partial charge in [0.1, 0.15) is 11.9 Å². The van der Waals surface area contributed by atoms with Crippen LogP contribution in [0, 0.1) is 41.4 Å². The molecule has 1 nitrogen and oxygen atoms in total. The van der Waals surface area contributed by atoms with Gasteiger partial charge in [0.15, 0.2) is 0 Å². The lowest BCUT2D eigenvalue weighted by atomic mass is 9.47. The van der Waals surface area contributed by atoms with Crippen LogP contribution in [0.25, 0.3) is 0 Å². The van der Waals surface area contributed by atoms with Crippen molar-refractivity contribution in [3.63, 3.8) is 0 Å². The largest absolute Gasteiger partial charge is 0.486 e. The Balaban J connectivity index is 1.07. The molecule has 226 valence electrons. The molecular weight excluding hydrogens is 520 g/mol. The molecule has 0 bridgehead atoms. The highest BCUT2D eigenvalue weighted by Crippen LogP contribution is 2.61. The molecule has 1 saturated heterocycles. The quantitative estimate of drug-likeness (QED) is 0.327. The van der Waals surface area contributed by atoms with Gasteiger partial charge in [-0.2, -0.15) is 0 Å². The second kappa shape index (κ2) is 11.3. The number of hydrogen-bond donors (Lipinski definition) is 0. The molecule has 1 heterocycles. The van der Waals surface area contributed by atoms with E-state index in [1.165, 1.54) is 108 Å². The molecule has 7 aliphatic carbocycles. The van der Waals surface area contributed by atoms with Gasteiger partial charge in [0.05, 0.1) is 0 Å². The van der Waals surface area contributed by atoms with Gasteiger partial charge in [-0.1, -0.05) is 72.6 Å². The molecule has 3 fully saturated rings. The maximum absolute atomic E-state index is 6.48. The highest BCUT2D eigenvalue weighted by atomic mass is 16.5. The highest BCUT2D eigenvalue weighted by molar-refractivity contribution is 5.41. The first kappa shape index (κ1) is 27.1. The molecule has 43 heavy (non-hydrogen) atoms. The number of rotatable bonds is 3. The van der Waals surface area contributed by atoms with Crippen LogP contribution in [0.1, 0.15) is 126 Å². The average Bonchev–Trinajstić information content (AvgIpc) is 3.45. The van der Waals surface area contributed by atoms with Gasteiger partial charge in [-0.3, -0.25) is 0 Å². The van der Waals surface area contributed by atoms with Crippen LogP contribution in [0.4, 0.5) is 0 Å². The van der Waals surface area contributed by atoms with E-state index in [-0.39, 0.29) is 0 Å². The van der Waals surface area contributed by atoms with Crippen LogP contribution in [0.15, 0.2) is 83.2 Å². The summed E-state index contributed by atoms with van der Waals surface area (Å²) in [6.45, 7) is 0. The smallest absolute Gasteiger partial charge is 0.124 e. The molecule has 2 saturated carbocycles. The number of benzene rings is 1. The van der Waals surface area contributed by atoms with Crippen LogP contribution in [0.2, 0.25) is 0 Å². The maximum Gasteiger partial charge on any atom is 0.124 e. The molecule has 0 spiro atoms. The molecule has 10 unspecified atom stereocenters. The normalized spacial score (nSPS) is 41.6. The number of allylic oxidation sites excluding steroid dienone is 8. The molecule has 8 aliphatic rings. The minimum atomic E-state index is 0.297. The molecule has 9 rings (SSSR count). The second-order valence-electron chi connectivity index (χ2n) is 15.7. The molecule has 1 aromatic rings. The van der Waals surface area contributed by atoms with Crippen molar-refractivity contribution in [1.82, 2.24) is 0 Å². The molecule has 1 aromatic carbocycles. The third-order valence-electron chi connectivity index (χ3n) is 13.8. The van der Waals surface area contributed by atoms with E-state index in [1.54, 1.807) is 16.7 Å². The molecular formula is C42H52O. The second-order valence-corrected chi connectivity index (χ2v) is 15.7. The summed E-state index contributed by atoms with van der Waals surface area (Å²) in [5.74, 6) is 8.15. The Hall–Kier alpha value is -2.28. The lowest BCUT2D eigenvalue weighted by Crippen LogP contribution is -2.49. The fraction of sp³-hybridized carbons (Fsp3) is 0.619. The lowest BCUT2D eigenvalue weighted by Gasteiger charge is -2.57. The van der Waals surface area contributed by atoms with Crippen LogP contribution < -0.4 is 0 Å². The summed E-state index contributed by atoms with van der Waals surface area (Å²) in [6, 6.07) is 10.3. The summed E-state index contributed by atoms with van der Waals surface area (Å²) in [7, 11) is 0. The summed E-state index contributed by atoms with van der Waals surface area (Å²) in [5.41, 5.74) is 8.67. The molecule has 0 N–H and O–H groups in total. The number of fused-ring (bicyclic) bond motifs is 5. The van der Waals surface area contributed by atoms with E-state index >= 15 is 0 Å². The Bertz CT molecular complexity index is 1380. The number of ether oxygens (including phenoxy) is 1. The monoisotopic (exact) mass is 572 g/mol. The van der Waals surface area contributed by atoms with Crippen LogP contribution in [0.3, 0.4) is 0 Å². The van der Waals surface area contributed by atoms with Crippen LogP contribution in [0.5, 0.6) is 0 Å². The minimum absolute atomic E-state index is 0.297. The summed E-state index contributed by atoms with van der Waals surface area (Å²) < 4.78 is 6.48. The van der Waals surface area contributed by atoms with Gasteiger partial charge in [-0.05, 0) is 160 Å². The van der Waals surface area contributed by atoms with E-state index in [4.69, 9.17) is 4.74 Å². The first-order chi connectivity index (χ1) is 21.3. The summed E-state index contributed by atoms with van der Waals surface area (Å²) in [6.07, 6.45) is 37.2. The molecule has 0 amide bonds. The topological polar surface area (TPSA) is 9.23 Å². The third-order valence-corrected chi connectivity index (χ3v) is 13.8. The van der Waals surface area contributed by atoms with Crippen molar-refractivity contribution < 1.29 is 4.74 Å². The third kappa shape index (κ3) is 4.61. The van der Waals surface area contributed by atoms with Gasteiger partial charge in [0.25, 0.3) is 0 Å². The first-order valence-corrected chi connectivity index (χ1v) is 18.5. The van der Waals surface area contributed by atoms with Crippen LogP contribution in [-0.2, 0) is 4.74 Å². The zero-order valence-corrected chi connectivity index (χ0v) is 26.3. The van der Waals surface area contributed by atoms with Gasteiger partial charge < -0.3 is 4.74 Å². The molecule has 0 radical (unpaired) electrons. The molecule has 1 heteroatoms. The zero-order chi connectivity index (χ0) is 28.3. The highest BCUT2D eigenvalue weighted by Gasteiger charge is 2.53. The Labute approximate surface area is 260 Å². The Morgan fingerprint density at radius 1 is 0.698 bits per heavy atom. The van der Waals surface area contributed by atoms with Crippen molar-refractivity contribution in [1.29, 1.82) is 0 Å². The summed E-state index contributed by atoms with van der Waals surface area (Å²) >= 11 is 0. The predicted molar refractivity (Wildman–Crippen MR) is 177 cm³/mol. The number of hydrogen-bond acceptors (Lipinski definition) is 1. The van der Waals surface area contributed by atoms with E-state index < -0.39 is 0 Å². The average molecular weight is 573 g/mol. The first-order valence-electron chi connectivity index (χ1n) is 18.5. The Morgan fingerprint density at radius 2 is 1.53 bits per heavy atom. The van der Waals surface area contributed by atoms with Gasteiger partial charge >= 0.3 is 0 Å². The van der Waals surface area contributed by atoms with E-state index in [0.29, 0.717) is 23.9 Å². The maximum atomic E-state index is 6.48. The lowest BCUT2D eigenvalue weighted by molar-refractivity contribution is -0.0320. The predicted octanol–water partition coefficient (Wildman–Crippen LogP) is 11.1. The van der Waals surface area contributed by atoms with Gasteiger partial charge in [0.2, 0.25) is 0 Å². The Morgan fingerprint density at radius 3 is 2.49 bits per heavy atom. The molecule has 1 aliphatic heterocycles. The molecule has 10 atom stereocenters. The van der Waals surface area contributed by atoms with Gasteiger partial charge in [0, 0.05) is 11.8 Å². The van der Waals surface area contributed by atoms with Crippen molar-refractivity contribution in [2.45, 2.75) is 121 Å². The van der Waals surface area contributed by atoms with Gasteiger partial charge in [-0.25, -0.2) is 0 Å². The fourth-order valence-electron chi connectivity index (χ4n) is 12.2. The summed E-state index contributed by atoms with van der Waals surface area (Å²) in [4.78, 5) is 0. The summed E-state index contributed by atoms with van der Waals surface area (Å²) in [5, 5.41) is 0. The van der Waals surface area contributed by atoms with E-state index in [1.807, 2.05) is 11.1 Å². The Kier molecular flexibility index (Phi) is 7.09. The van der Waals surface area contributed by atoms with Crippen molar-refractivity contribution in [3.8, 4) is 0 Å². The zero-order valence-electron chi connectivity index (χ0n) is 26.3. The van der Waals surface area contributed by atoms with Crippen molar-refractivity contribution >= 4 is 0 Å². The van der Waals surface area contributed by atoms with Crippen LogP contribution >= 0.6 is 0 Å². The van der Waals surface area contributed by atoms with Crippen molar-refractivity contribution in [3.05, 3.63) is 94.3 Å². The van der Waals surface area contributed by atoms with E-state index in [9.17, 15) is 0 Å². The standard InChI is InChI=1S/C42H52O/c1-2-15-31-27(11-1)12-10-21-32(31)28-13-9-14-29(25-28)41-34-17-3-5-19-36(34)42(37-20-6-4-18-35(37)41)30-23-24-40-38(26-30)33-16-7-8-22-39(33)43-40/h3,5,8-9,13-14,22,24-26,30,32-37,39,41-42H,1-2,4,6-7,10-12,15-21,23H2.